The predicted octanol–water partition coefficient (Wildman–Crippen LogP) is 1.21. The molecule has 0 spiro atoms. The highest BCUT2D eigenvalue weighted by molar-refractivity contribution is 5.83. The number of nitrogens with zero attached hydrogens (tertiary/aromatic N) is 2. The minimum Gasteiger partial charge on any atom is -0.466 e. The molecule has 1 unspecified atom stereocenters. The van der Waals surface area contributed by atoms with Crippen molar-refractivity contribution < 1.29 is 18.7 Å². The molecule has 0 bridgehead atoms. The van der Waals surface area contributed by atoms with Gasteiger partial charge < -0.3 is 19.4 Å². The van der Waals surface area contributed by atoms with E-state index in [-0.39, 0.29) is 17.7 Å². The maximum atomic E-state index is 12.5. The molecule has 0 saturated carbocycles. The van der Waals surface area contributed by atoms with Crippen molar-refractivity contribution in [3.05, 3.63) is 23.7 Å². The van der Waals surface area contributed by atoms with E-state index in [1.54, 1.807) is 0 Å². The fraction of sp³-hybridized carbons (Fsp3) is 0.700. The monoisotopic (exact) mass is 377 g/mol. The minimum atomic E-state index is -0.107. The Morgan fingerprint density at radius 1 is 1.26 bits per heavy atom. The maximum Gasteiger partial charge on any atom is 0.224 e. The lowest BCUT2D eigenvalue weighted by Gasteiger charge is -2.33. The molecular formula is C20H31N3O4. The van der Waals surface area contributed by atoms with Gasteiger partial charge in [-0.25, -0.2) is 0 Å². The highest BCUT2D eigenvalue weighted by Gasteiger charge is 2.29. The first-order valence-corrected chi connectivity index (χ1v) is 10.0. The molecule has 0 radical (unpaired) electrons. The van der Waals surface area contributed by atoms with Crippen molar-refractivity contribution in [2.24, 2.45) is 5.92 Å². The fourth-order valence-electron chi connectivity index (χ4n) is 3.73. The first-order valence-electron chi connectivity index (χ1n) is 10.0. The Morgan fingerprint density at radius 3 is 2.81 bits per heavy atom. The molecule has 2 aliphatic heterocycles. The van der Waals surface area contributed by atoms with E-state index in [0.717, 1.165) is 57.3 Å². The van der Waals surface area contributed by atoms with Crippen molar-refractivity contribution in [2.45, 2.75) is 32.6 Å². The van der Waals surface area contributed by atoms with Crippen molar-refractivity contribution in [3.8, 4) is 0 Å². The van der Waals surface area contributed by atoms with Gasteiger partial charge in [-0.15, -0.1) is 0 Å². The van der Waals surface area contributed by atoms with E-state index in [9.17, 15) is 9.59 Å². The molecule has 2 amide bonds. The van der Waals surface area contributed by atoms with E-state index in [1.165, 1.54) is 0 Å². The van der Waals surface area contributed by atoms with Crippen LogP contribution in [-0.4, -0.2) is 74.1 Å². The maximum absolute atomic E-state index is 12.5. The zero-order valence-corrected chi connectivity index (χ0v) is 16.2. The Hall–Kier alpha value is -1.86. The molecule has 1 aromatic rings. The molecule has 1 N–H and O–H groups in total. The second-order valence-corrected chi connectivity index (χ2v) is 7.44. The number of morpholine rings is 1. The number of rotatable bonds is 8. The van der Waals surface area contributed by atoms with Crippen LogP contribution in [-0.2, 0) is 20.7 Å². The van der Waals surface area contributed by atoms with E-state index in [4.69, 9.17) is 9.15 Å². The number of nitrogens with one attached hydrogen (secondary N) is 1. The van der Waals surface area contributed by atoms with Crippen LogP contribution >= 0.6 is 0 Å². The quantitative estimate of drug-likeness (QED) is 0.737. The molecule has 2 saturated heterocycles. The van der Waals surface area contributed by atoms with E-state index in [1.807, 2.05) is 24.0 Å². The summed E-state index contributed by atoms with van der Waals surface area (Å²) in [6.07, 6.45) is 2.74. The number of hydrogen-bond acceptors (Lipinski definition) is 5. The Morgan fingerprint density at radius 2 is 2.07 bits per heavy atom. The standard InChI is InChI=1S/C20H31N3O4/c1-16-3-5-18(27-16)7-8-21-20(25)17-4-6-19(24)23(15-17)10-2-9-22-11-13-26-14-12-22/h3,5,17H,2,4,6-15H2,1H3,(H,21,25). The molecule has 1 aromatic heterocycles. The lowest BCUT2D eigenvalue weighted by atomic mass is 9.96. The van der Waals surface area contributed by atoms with Crippen molar-refractivity contribution in [1.82, 2.24) is 15.1 Å². The summed E-state index contributed by atoms with van der Waals surface area (Å²) in [5.74, 6) is 1.88. The van der Waals surface area contributed by atoms with Gasteiger partial charge in [0.25, 0.3) is 0 Å². The van der Waals surface area contributed by atoms with Crippen LogP contribution in [0.15, 0.2) is 16.5 Å². The number of piperidine rings is 1. The number of furan rings is 1. The molecule has 1 atom stereocenters. The van der Waals surface area contributed by atoms with Gasteiger partial charge in [0.15, 0.2) is 0 Å². The van der Waals surface area contributed by atoms with E-state index < -0.39 is 0 Å². The number of carbonyl (C=O) groups is 2. The Balaban J connectivity index is 1.37. The van der Waals surface area contributed by atoms with Crippen LogP contribution in [0.25, 0.3) is 0 Å². The van der Waals surface area contributed by atoms with E-state index in [2.05, 4.69) is 10.2 Å². The number of hydrogen-bond donors (Lipinski definition) is 1. The lowest BCUT2D eigenvalue weighted by molar-refractivity contribution is -0.138. The van der Waals surface area contributed by atoms with Crippen LogP contribution in [0.3, 0.4) is 0 Å². The topological polar surface area (TPSA) is 75.0 Å². The SMILES string of the molecule is Cc1ccc(CCNC(=O)C2CCC(=O)N(CCCN3CCOCC3)C2)o1. The number of carbonyl (C=O) groups excluding carboxylic acids is 2. The lowest BCUT2D eigenvalue weighted by Crippen LogP contribution is -2.47. The molecule has 3 heterocycles. The summed E-state index contributed by atoms with van der Waals surface area (Å²) in [5, 5.41) is 2.99. The van der Waals surface area contributed by atoms with Crippen LogP contribution in [0.5, 0.6) is 0 Å². The second-order valence-electron chi connectivity index (χ2n) is 7.44. The number of amides is 2. The van der Waals surface area contributed by atoms with Gasteiger partial charge in [0.1, 0.15) is 11.5 Å². The molecule has 7 heteroatoms. The number of aryl methyl sites for hydroxylation is 1. The van der Waals surface area contributed by atoms with E-state index >= 15 is 0 Å². The molecule has 3 rings (SSSR count). The predicted molar refractivity (Wildman–Crippen MR) is 101 cm³/mol. The molecule has 27 heavy (non-hydrogen) atoms. The van der Waals surface area contributed by atoms with Crippen molar-refractivity contribution in [1.29, 1.82) is 0 Å². The van der Waals surface area contributed by atoms with Crippen LogP contribution in [0, 0.1) is 12.8 Å². The molecule has 7 nitrogen and oxygen atoms in total. The molecule has 2 aliphatic rings. The molecule has 150 valence electrons. The van der Waals surface area contributed by atoms with Gasteiger partial charge in [-0.05, 0) is 31.9 Å². The van der Waals surface area contributed by atoms with Crippen molar-refractivity contribution >= 4 is 11.8 Å². The smallest absolute Gasteiger partial charge is 0.224 e. The summed E-state index contributed by atoms with van der Waals surface area (Å²) in [4.78, 5) is 28.9. The molecule has 0 aliphatic carbocycles. The summed E-state index contributed by atoms with van der Waals surface area (Å²) in [5.41, 5.74) is 0. The van der Waals surface area contributed by atoms with Crippen LogP contribution in [0.1, 0.15) is 30.8 Å². The summed E-state index contributed by atoms with van der Waals surface area (Å²) in [7, 11) is 0. The number of ether oxygens (including phenoxy) is 1. The van der Waals surface area contributed by atoms with Gasteiger partial charge in [0.05, 0.1) is 19.1 Å². The van der Waals surface area contributed by atoms with Gasteiger partial charge in [-0.1, -0.05) is 0 Å². The first-order chi connectivity index (χ1) is 13.1. The Kier molecular flexibility index (Phi) is 7.29. The summed E-state index contributed by atoms with van der Waals surface area (Å²) in [6.45, 7) is 8.24. The summed E-state index contributed by atoms with van der Waals surface area (Å²) >= 11 is 0. The van der Waals surface area contributed by atoms with Gasteiger partial charge in [-0.3, -0.25) is 14.5 Å². The highest BCUT2D eigenvalue weighted by Crippen LogP contribution is 2.18. The van der Waals surface area contributed by atoms with Gasteiger partial charge in [0.2, 0.25) is 11.8 Å². The van der Waals surface area contributed by atoms with Crippen molar-refractivity contribution in [2.75, 3.05) is 52.5 Å². The molecular weight excluding hydrogens is 346 g/mol. The zero-order valence-electron chi connectivity index (χ0n) is 16.2. The average Bonchev–Trinajstić information content (AvgIpc) is 3.09. The van der Waals surface area contributed by atoms with Gasteiger partial charge >= 0.3 is 0 Å². The average molecular weight is 377 g/mol. The third kappa shape index (κ3) is 6.07. The van der Waals surface area contributed by atoms with Crippen LogP contribution < -0.4 is 5.32 Å². The Labute approximate surface area is 161 Å². The van der Waals surface area contributed by atoms with Crippen molar-refractivity contribution in [3.63, 3.8) is 0 Å². The van der Waals surface area contributed by atoms with Gasteiger partial charge in [0, 0.05) is 52.1 Å². The number of likely N-dealkylation sites (tertiary alicyclic amines) is 1. The summed E-state index contributed by atoms with van der Waals surface area (Å²) in [6, 6.07) is 3.87. The van der Waals surface area contributed by atoms with E-state index in [0.29, 0.717) is 32.4 Å². The third-order valence-electron chi connectivity index (χ3n) is 5.34. The normalized spacial score (nSPS) is 21.4. The fourth-order valence-corrected chi connectivity index (χ4v) is 3.73. The Bertz CT molecular complexity index is 624. The van der Waals surface area contributed by atoms with Crippen LogP contribution in [0.4, 0.5) is 0 Å². The largest absolute Gasteiger partial charge is 0.466 e. The zero-order chi connectivity index (χ0) is 19.1. The molecule has 0 aromatic carbocycles. The molecule has 2 fully saturated rings. The third-order valence-corrected chi connectivity index (χ3v) is 5.34. The van der Waals surface area contributed by atoms with Gasteiger partial charge in [-0.2, -0.15) is 0 Å². The minimum absolute atomic E-state index is 0.0453. The summed E-state index contributed by atoms with van der Waals surface area (Å²) < 4.78 is 10.9. The highest BCUT2D eigenvalue weighted by atomic mass is 16.5. The second kappa shape index (κ2) is 9.90. The first kappa shape index (κ1) is 19.9. The van der Waals surface area contributed by atoms with Crippen LogP contribution in [0.2, 0.25) is 0 Å².